The second-order valence-electron chi connectivity index (χ2n) is 4.49. The van der Waals surface area contributed by atoms with Crippen LogP contribution in [0.25, 0.3) is 11.1 Å². The summed E-state index contributed by atoms with van der Waals surface area (Å²) in [6.07, 6.45) is 0. The highest BCUT2D eigenvalue weighted by Crippen LogP contribution is 2.16. The SMILES string of the molecule is Cc1ccc2oc(=O)n(C(=O)c3cccc(F)c3)c2c1. The van der Waals surface area contributed by atoms with Gasteiger partial charge in [-0.3, -0.25) is 4.79 Å². The van der Waals surface area contributed by atoms with Crippen LogP contribution in [-0.4, -0.2) is 10.5 Å². The number of carbonyl (C=O) groups is 1. The zero-order valence-electron chi connectivity index (χ0n) is 10.6. The molecule has 0 spiro atoms. The predicted octanol–water partition coefficient (Wildman–Crippen LogP) is 2.73. The van der Waals surface area contributed by atoms with Crippen molar-refractivity contribution < 1.29 is 13.6 Å². The summed E-state index contributed by atoms with van der Waals surface area (Å²) in [5.41, 5.74) is 1.69. The van der Waals surface area contributed by atoms with E-state index in [1.165, 1.54) is 18.2 Å². The minimum absolute atomic E-state index is 0.0938. The van der Waals surface area contributed by atoms with E-state index in [0.29, 0.717) is 11.1 Å². The molecular weight excluding hydrogens is 261 g/mol. The maximum atomic E-state index is 13.2. The van der Waals surface area contributed by atoms with Crippen molar-refractivity contribution in [1.82, 2.24) is 4.57 Å². The number of carbonyl (C=O) groups excluding carboxylic acids is 1. The zero-order valence-corrected chi connectivity index (χ0v) is 10.6. The first-order valence-corrected chi connectivity index (χ1v) is 5.99. The molecule has 1 aromatic heterocycles. The number of hydrogen-bond acceptors (Lipinski definition) is 3. The molecule has 0 radical (unpaired) electrons. The molecule has 0 aliphatic carbocycles. The number of nitrogens with zero attached hydrogens (tertiary/aromatic N) is 1. The van der Waals surface area contributed by atoms with Crippen molar-refractivity contribution in [1.29, 1.82) is 0 Å². The maximum Gasteiger partial charge on any atom is 0.427 e. The standard InChI is InChI=1S/C15H10FNO3/c1-9-5-6-13-12(7-9)17(15(19)20-13)14(18)10-3-2-4-11(16)8-10/h2-8H,1H3. The highest BCUT2D eigenvalue weighted by molar-refractivity contribution is 6.00. The molecule has 0 saturated carbocycles. The molecule has 0 N–H and O–H groups in total. The summed E-state index contributed by atoms with van der Waals surface area (Å²) in [5.74, 6) is -1.92. The smallest absolute Gasteiger partial charge is 0.407 e. The Labute approximate surface area is 113 Å². The first-order valence-electron chi connectivity index (χ1n) is 5.99. The molecule has 0 atom stereocenters. The number of benzene rings is 2. The molecule has 0 aliphatic heterocycles. The largest absolute Gasteiger partial charge is 0.427 e. The molecule has 0 aliphatic rings. The molecule has 20 heavy (non-hydrogen) atoms. The second-order valence-corrected chi connectivity index (χ2v) is 4.49. The average Bonchev–Trinajstić information content (AvgIpc) is 2.73. The molecule has 0 saturated heterocycles. The van der Waals surface area contributed by atoms with Gasteiger partial charge in [0.25, 0.3) is 5.91 Å². The summed E-state index contributed by atoms with van der Waals surface area (Å²) >= 11 is 0. The van der Waals surface area contributed by atoms with E-state index in [1.807, 2.05) is 6.92 Å². The van der Waals surface area contributed by atoms with Crippen molar-refractivity contribution >= 4 is 17.0 Å². The molecule has 3 rings (SSSR count). The average molecular weight is 271 g/mol. The first-order chi connectivity index (χ1) is 9.56. The van der Waals surface area contributed by atoms with Crippen LogP contribution in [0.3, 0.4) is 0 Å². The van der Waals surface area contributed by atoms with E-state index in [9.17, 15) is 14.0 Å². The van der Waals surface area contributed by atoms with Gasteiger partial charge < -0.3 is 4.42 Å². The van der Waals surface area contributed by atoms with Gasteiger partial charge in [-0.05, 0) is 42.8 Å². The lowest BCUT2D eigenvalue weighted by molar-refractivity contribution is 0.0956. The zero-order chi connectivity index (χ0) is 14.3. The Bertz CT molecular complexity index is 876. The summed E-state index contributed by atoms with van der Waals surface area (Å²) in [4.78, 5) is 24.2. The van der Waals surface area contributed by atoms with E-state index in [-0.39, 0.29) is 5.56 Å². The number of fused-ring (bicyclic) bond motifs is 1. The van der Waals surface area contributed by atoms with Crippen LogP contribution in [-0.2, 0) is 0 Å². The molecule has 1 heterocycles. The van der Waals surface area contributed by atoms with Gasteiger partial charge in [0.05, 0.1) is 5.52 Å². The number of halogens is 1. The summed E-state index contributed by atoms with van der Waals surface area (Å²) < 4.78 is 19.1. The van der Waals surface area contributed by atoms with E-state index < -0.39 is 17.5 Å². The molecule has 5 heteroatoms. The van der Waals surface area contributed by atoms with Crippen LogP contribution < -0.4 is 5.76 Å². The van der Waals surface area contributed by atoms with Gasteiger partial charge in [0, 0.05) is 5.56 Å². The number of aromatic nitrogens is 1. The third-order valence-corrected chi connectivity index (χ3v) is 3.01. The number of hydrogen-bond donors (Lipinski definition) is 0. The quantitative estimate of drug-likeness (QED) is 0.683. The van der Waals surface area contributed by atoms with Crippen molar-refractivity contribution in [3.05, 3.63) is 70.0 Å². The fourth-order valence-corrected chi connectivity index (χ4v) is 2.07. The molecule has 4 nitrogen and oxygen atoms in total. The monoisotopic (exact) mass is 271 g/mol. The summed E-state index contributed by atoms with van der Waals surface area (Å²) in [7, 11) is 0. The molecule has 0 fully saturated rings. The Morgan fingerprint density at radius 1 is 1.20 bits per heavy atom. The molecular formula is C15H10FNO3. The first kappa shape index (κ1) is 12.3. The van der Waals surface area contributed by atoms with Crippen molar-refractivity contribution in [3.8, 4) is 0 Å². The van der Waals surface area contributed by atoms with Gasteiger partial charge in [-0.1, -0.05) is 12.1 Å². The van der Waals surface area contributed by atoms with Crippen LogP contribution in [0.1, 0.15) is 15.9 Å². The van der Waals surface area contributed by atoms with Crippen LogP contribution in [0.5, 0.6) is 0 Å². The van der Waals surface area contributed by atoms with Gasteiger partial charge in [-0.2, -0.15) is 0 Å². The number of aryl methyl sites for hydroxylation is 1. The van der Waals surface area contributed by atoms with Gasteiger partial charge in [-0.15, -0.1) is 0 Å². The third-order valence-electron chi connectivity index (χ3n) is 3.01. The fourth-order valence-electron chi connectivity index (χ4n) is 2.07. The molecule has 3 aromatic rings. The normalized spacial score (nSPS) is 10.9. The van der Waals surface area contributed by atoms with Crippen molar-refractivity contribution in [3.63, 3.8) is 0 Å². The molecule has 0 amide bonds. The fraction of sp³-hybridized carbons (Fsp3) is 0.0667. The highest BCUT2D eigenvalue weighted by atomic mass is 19.1. The van der Waals surface area contributed by atoms with Gasteiger partial charge in [0.1, 0.15) is 5.82 Å². The number of oxazole rings is 1. The Kier molecular flexibility index (Phi) is 2.75. The van der Waals surface area contributed by atoms with E-state index in [1.54, 1.807) is 18.2 Å². The molecule has 0 unspecified atom stereocenters. The van der Waals surface area contributed by atoms with Gasteiger partial charge in [-0.25, -0.2) is 13.8 Å². The van der Waals surface area contributed by atoms with E-state index >= 15 is 0 Å². The lowest BCUT2D eigenvalue weighted by Gasteiger charge is -2.02. The van der Waals surface area contributed by atoms with Crippen LogP contribution in [0.15, 0.2) is 51.7 Å². The van der Waals surface area contributed by atoms with E-state index in [0.717, 1.165) is 16.2 Å². The minimum atomic E-state index is -0.778. The van der Waals surface area contributed by atoms with Crippen molar-refractivity contribution in [2.45, 2.75) is 6.92 Å². The highest BCUT2D eigenvalue weighted by Gasteiger charge is 2.18. The molecule has 100 valence electrons. The van der Waals surface area contributed by atoms with Crippen LogP contribution in [0, 0.1) is 12.7 Å². The van der Waals surface area contributed by atoms with Crippen molar-refractivity contribution in [2.24, 2.45) is 0 Å². The van der Waals surface area contributed by atoms with Gasteiger partial charge in [0.2, 0.25) is 0 Å². The molecule has 0 bridgehead atoms. The Morgan fingerprint density at radius 2 is 2.00 bits per heavy atom. The Morgan fingerprint density at radius 3 is 2.75 bits per heavy atom. The predicted molar refractivity (Wildman–Crippen MR) is 71.3 cm³/mol. The topological polar surface area (TPSA) is 52.2 Å². The maximum absolute atomic E-state index is 13.2. The van der Waals surface area contributed by atoms with E-state index in [4.69, 9.17) is 4.42 Å². The summed E-state index contributed by atoms with van der Waals surface area (Å²) in [5, 5.41) is 0. The Hall–Kier alpha value is -2.69. The molecule has 2 aromatic carbocycles. The van der Waals surface area contributed by atoms with Gasteiger partial charge in [0.15, 0.2) is 5.58 Å². The lowest BCUT2D eigenvalue weighted by atomic mass is 10.2. The van der Waals surface area contributed by atoms with Crippen molar-refractivity contribution in [2.75, 3.05) is 0 Å². The van der Waals surface area contributed by atoms with Crippen LogP contribution in [0.2, 0.25) is 0 Å². The van der Waals surface area contributed by atoms with Crippen LogP contribution in [0.4, 0.5) is 4.39 Å². The summed E-state index contributed by atoms with van der Waals surface area (Å²) in [6.45, 7) is 1.84. The minimum Gasteiger partial charge on any atom is -0.407 e. The Balaban J connectivity index is 2.24. The summed E-state index contributed by atoms with van der Waals surface area (Å²) in [6, 6.07) is 10.3. The number of rotatable bonds is 1. The van der Waals surface area contributed by atoms with Crippen LogP contribution >= 0.6 is 0 Å². The lowest BCUT2D eigenvalue weighted by Crippen LogP contribution is -2.23. The van der Waals surface area contributed by atoms with Gasteiger partial charge >= 0.3 is 5.76 Å². The van der Waals surface area contributed by atoms with E-state index in [2.05, 4.69) is 0 Å². The third kappa shape index (κ3) is 1.93. The second kappa shape index (κ2) is 4.45.